The number of nitro groups is 1. The van der Waals surface area contributed by atoms with Crippen LogP contribution in [-0.2, 0) is 4.79 Å². The van der Waals surface area contributed by atoms with Crippen molar-refractivity contribution in [2.45, 2.75) is 13.3 Å². The average Bonchev–Trinajstić information content (AvgIpc) is 2.62. The van der Waals surface area contributed by atoms with Crippen LogP contribution < -0.4 is 10.7 Å². The van der Waals surface area contributed by atoms with Crippen LogP contribution >= 0.6 is 0 Å². The number of rotatable bonds is 6. The van der Waals surface area contributed by atoms with Crippen molar-refractivity contribution in [2.24, 2.45) is 5.10 Å². The van der Waals surface area contributed by atoms with Crippen LogP contribution in [0.4, 0.5) is 20.2 Å². The summed E-state index contributed by atoms with van der Waals surface area (Å²) in [4.78, 5) is 33.9. The molecule has 0 aliphatic rings. The summed E-state index contributed by atoms with van der Waals surface area (Å²) in [5.74, 6) is -3.00. The molecule has 0 unspecified atom stereocenters. The van der Waals surface area contributed by atoms with E-state index in [0.29, 0.717) is 6.07 Å². The number of carbonyl (C=O) groups excluding carboxylic acids is 2. The predicted molar refractivity (Wildman–Crippen MR) is 93.3 cm³/mol. The van der Waals surface area contributed by atoms with E-state index in [4.69, 9.17) is 0 Å². The molecule has 0 aromatic heterocycles. The van der Waals surface area contributed by atoms with Crippen LogP contribution in [0, 0.1) is 21.7 Å². The van der Waals surface area contributed by atoms with Gasteiger partial charge in [0.2, 0.25) is 5.91 Å². The maximum atomic E-state index is 13.5. The van der Waals surface area contributed by atoms with Crippen molar-refractivity contribution in [3.05, 3.63) is 69.8 Å². The smallest absolute Gasteiger partial charge is 0.271 e. The number of hydrazone groups is 1. The van der Waals surface area contributed by atoms with Crippen LogP contribution in [0.2, 0.25) is 0 Å². The fourth-order valence-corrected chi connectivity index (χ4v) is 2.03. The Labute approximate surface area is 152 Å². The van der Waals surface area contributed by atoms with Crippen LogP contribution in [0.15, 0.2) is 47.6 Å². The third kappa shape index (κ3) is 5.66. The molecule has 0 saturated carbocycles. The number of amides is 2. The Bertz CT molecular complexity index is 931. The van der Waals surface area contributed by atoms with Crippen LogP contribution in [-0.4, -0.2) is 22.4 Å². The second-order valence-corrected chi connectivity index (χ2v) is 5.44. The highest BCUT2D eigenvalue weighted by Gasteiger charge is 2.12. The van der Waals surface area contributed by atoms with Crippen molar-refractivity contribution in [1.29, 1.82) is 0 Å². The summed E-state index contributed by atoms with van der Waals surface area (Å²) in [5, 5.41) is 16.7. The van der Waals surface area contributed by atoms with Crippen LogP contribution in [0.5, 0.6) is 0 Å². The van der Waals surface area contributed by atoms with Gasteiger partial charge in [-0.05, 0) is 25.1 Å². The van der Waals surface area contributed by atoms with E-state index in [1.165, 1.54) is 25.1 Å². The highest BCUT2D eigenvalue weighted by molar-refractivity contribution is 6.06. The fraction of sp³-hybridized carbons (Fsp3) is 0.118. The van der Waals surface area contributed by atoms with Gasteiger partial charge in [-0.2, -0.15) is 5.10 Å². The Morgan fingerprint density at radius 1 is 1.19 bits per heavy atom. The third-order valence-corrected chi connectivity index (χ3v) is 3.29. The number of carbonyl (C=O) groups is 2. The molecule has 0 bridgehead atoms. The maximum Gasteiger partial charge on any atom is 0.271 e. The van der Waals surface area contributed by atoms with Gasteiger partial charge in [0.25, 0.3) is 11.6 Å². The monoisotopic (exact) mass is 376 g/mol. The molecule has 27 heavy (non-hydrogen) atoms. The van der Waals surface area contributed by atoms with Crippen molar-refractivity contribution in [1.82, 2.24) is 5.43 Å². The Morgan fingerprint density at radius 2 is 1.93 bits per heavy atom. The molecule has 0 spiro atoms. The van der Waals surface area contributed by atoms with Gasteiger partial charge in [0.15, 0.2) is 0 Å². The largest absolute Gasteiger partial charge is 0.323 e. The maximum absolute atomic E-state index is 13.5. The summed E-state index contributed by atoms with van der Waals surface area (Å²) in [5.41, 5.74) is 1.97. The number of nitro benzene ring substituents is 1. The highest BCUT2D eigenvalue weighted by Crippen LogP contribution is 2.15. The minimum absolute atomic E-state index is 0.0265. The van der Waals surface area contributed by atoms with Gasteiger partial charge in [-0.1, -0.05) is 6.07 Å². The molecule has 0 fully saturated rings. The molecule has 2 aromatic carbocycles. The first-order chi connectivity index (χ1) is 12.8. The van der Waals surface area contributed by atoms with E-state index in [0.717, 1.165) is 18.2 Å². The van der Waals surface area contributed by atoms with E-state index in [1.54, 1.807) is 0 Å². The lowest BCUT2D eigenvalue weighted by atomic mass is 10.2. The zero-order valence-corrected chi connectivity index (χ0v) is 14.0. The van der Waals surface area contributed by atoms with Gasteiger partial charge in [-0.25, -0.2) is 14.2 Å². The van der Waals surface area contributed by atoms with Crippen LogP contribution in [0.25, 0.3) is 0 Å². The molecule has 2 aromatic rings. The second-order valence-electron chi connectivity index (χ2n) is 5.44. The van der Waals surface area contributed by atoms with E-state index >= 15 is 0 Å². The van der Waals surface area contributed by atoms with Gasteiger partial charge in [-0.15, -0.1) is 0 Å². The van der Waals surface area contributed by atoms with Crippen molar-refractivity contribution >= 4 is 28.9 Å². The summed E-state index contributed by atoms with van der Waals surface area (Å²) in [7, 11) is 0. The molecule has 140 valence electrons. The molecule has 2 N–H and O–H groups in total. The van der Waals surface area contributed by atoms with Crippen molar-refractivity contribution in [3.63, 3.8) is 0 Å². The summed E-state index contributed by atoms with van der Waals surface area (Å²) in [6, 6.07) is 7.77. The third-order valence-electron chi connectivity index (χ3n) is 3.29. The minimum atomic E-state index is -0.920. The zero-order chi connectivity index (χ0) is 20.0. The molecular formula is C17H14F2N4O4. The van der Waals surface area contributed by atoms with E-state index in [-0.39, 0.29) is 29.1 Å². The first-order valence-corrected chi connectivity index (χ1v) is 7.59. The normalized spacial score (nSPS) is 11.0. The molecule has 0 saturated heterocycles. The Balaban J connectivity index is 1.95. The summed E-state index contributed by atoms with van der Waals surface area (Å²) in [6.07, 6.45) is -0.258. The van der Waals surface area contributed by atoms with E-state index < -0.39 is 28.4 Å². The second kappa shape index (κ2) is 8.61. The van der Waals surface area contributed by atoms with Gasteiger partial charge in [0.1, 0.15) is 11.6 Å². The lowest BCUT2D eigenvalue weighted by Gasteiger charge is -2.06. The number of halogens is 2. The predicted octanol–water partition coefficient (Wildman–Crippen LogP) is 3.01. The number of anilines is 1. The minimum Gasteiger partial charge on any atom is -0.323 e. The van der Waals surface area contributed by atoms with Crippen molar-refractivity contribution in [2.75, 3.05) is 5.32 Å². The fourth-order valence-electron chi connectivity index (χ4n) is 2.03. The van der Waals surface area contributed by atoms with Crippen molar-refractivity contribution < 1.29 is 23.3 Å². The number of benzene rings is 2. The quantitative estimate of drug-likeness (QED) is 0.458. The molecule has 0 aliphatic heterocycles. The Hall–Kier alpha value is -3.69. The van der Waals surface area contributed by atoms with Gasteiger partial charge < -0.3 is 5.32 Å². The number of non-ortho nitro benzene ring substituents is 1. The number of hydrogen-bond acceptors (Lipinski definition) is 5. The van der Waals surface area contributed by atoms with E-state index in [1.807, 2.05) is 0 Å². The molecule has 2 amide bonds. The van der Waals surface area contributed by atoms with Crippen molar-refractivity contribution in [3.8, 4) is 0 Å². The molecule has 0 atom stereocenters. The Kier molecular flexibility index (Phi) is 6.26. The highest BCUT2D eigenvalue weighted by atomic mass is 19.1. The van der Waals surface area contributed by atoms with E-state index in [9.17, 15) is 28.5 Å². The zero-order valence-electron chi connectivity index (χ0n) is 14.0. The van der Waals surface area contributed by atoms with Gasteiger partial charge >= 0.3 is 0 Å². The van der Waals surface area contributed by atoms with Crippen LogP contribution in [0.1, 0.15) is 23.7 Å². The molecule has 0 aliphatic carbocycles. The van der Waals surface area contributed by atoms with Gasteiger partial charge in [0, 0.05) is 29.5 Å². The topological polar surface area (TPSA) is 114 Å². The molecule has 2 rings (SSSR count). The molecule has 8 nitrogen and oxygen atoms in total. The number of nitrogens with one attached hydrogen (secondary N) is 2. The molecule has 10 heteroatoms. The lowest BCUT2D eigenvalue weighted by Crippen LogP contribution is -2.21. The molecule has 0 heterocycles. The van der Waals surface area contributed by atoms with Gasteiger partial charge in [0.05, 0.1) is 17.0 Å². The first kappa shape index (κ1) is 19.6. The van der Waals surface area contributed by atoms with Gasteiger partial charge in [-0.3, -0.25) is 19.7 Å². The lowest BCUT2D eigenvalue weighted by molar-refractivity contribution is -0.384. The number of nitrogens with zero attached hydrogens (tertiary/aromatic N) is 2. The van der Waals surface area contributed by atoms with E-state index in [2.05, 4.69) is 15.8 Å². The molecule has 0 radical (unpaired) electrons. The van der Waals surface area contributed by atoms with Crippen LogP contribution in [0.3, 0.4) is 0 Å². The standard InChI is InChI=1S/C17H14F2N4O4/c1-10(7-16(24)20-15-6-5-12(18)9-14(15)19)21-22-17(25)11-3-2-4-13(8-11)23(26)27/h2-6,8-9H,7H2,1H3,(H,20,24)(H,22,25)/b21-10+. The Morgan fingerprint density at radius 3 is 2.59 bits per heavy atom. The summed E-state index contributed by atoms with van der Waals surface area (Å²) in [6.45, 7) is 1.45. The first-order valence-electron chi connectivity index (χ1n) is 7.59. The SMILES string of the molecule is C/C(CC(=O)Nc1ccc(F)cc1F)=N\NC(=O)c1cccc([N+](=O)[O-])c1. The summed E-state index contributed by atoms with van der Waals surface area (Å²) >= 11 is 0. The average molecular weight is 376 g/mol. The molecular weight excluding hydrogens is 362 g/mol. The number of hydrogen-bond donors (Lipinski definition) is 2. The summed E-state index contributed by atoms with van der Waals surface area (Å²) < 4.78 is 26.3.